The van der Waals surface area contributed by atoms with Crippen molar-refractivity contribution in [3.05, 3.63) is 29.3 Å². The number of hydrogen-bond acceptors (Lipinski definition) is 3. The highest BCUT2D eigenvalue weighted by Gasteiger charge is 2.25. The molecule has 1 aliphatic heterocycles. The van der Waals surface area contributed by atoms with Gasteiger partial charge in [0.15, 0.2) is 0 Å². The first-order chi connectivity index (χ1) is 10.3. The summed E-state index contributed by atoms with van der Waals surface area (Å²) >= 11 is 1.63. The van der Waals surface area contributed by atoms with Crippen molar-refractivity contribution < 1.29 is 9.90 Å². The molecule has 1 saturated heterocycles. The number of fused-ring (bicyclic) bond motifs is 1. The van der Waals surface area contributed by atoms with E-state index in [9.17, 15) is 9.90 Å². The number of piperidine rings is 1. The maximum atomic E-state index is 12.4. The second-order valence-corrected chi connectivity index (χ2v) is 7.04. The third-order valence-electron chi connectivity index (χ3n) is 4.59. The minimum atomic E-state index is 0.0341. The van der Waals surface area contributed by atoms with Gasteiger partial charge < -0.3 is 10.0 Å². The van der Waals surface area contributed by atoms with Crippen LogP contribution >= 0.6 is 11.8 Å². The molecule has 0 bridgehead atoms. The Kier molecular flexibility index (Phi) is 4.86. The molecule has 1 aliphatic carbocycles. The second kappa shape index (κ2) is 6.84. The van der Waals surface area contributed by atoms with Crippen LogP contribution in [-0.4, -0.2) is 40.9 Å². The second-order valence-electron chi connectivity index (χ2n) is 5.99. The van der Waals surface area contributed by atoms with E-state index < -0.39 is 0 Å². The Morgan fingerprint density at radius 1 is 1.24 bits per heavy atom. The van der Waals surface area contributed by atoms with Gasteiger partial charge in [0.1, 0.15) is 0 Å². The molecule has 3 rings (SSSR count). The van der Waals surface area contributed by atoms with Crippen molar-refractivity contribution >= 4 is 17.7 Å². The Morgan fingerprint density at radius 3 is 2.95 bits per heavy atom. The van der Waals surface area contributed by atoms with E-state index in [-0.39, 0.29) is 18.6 Å². The molecular formula is C17H23NO2S. The monoisotopic (exact) mass is 305 g/mol. The van der Waals surface area contributed by atoms with Crippen LogP contribution < -0.4 is 0 Å². The Morgan fingerprint density at radius 2 is 2.10 bits per heavy atom. The lowest BCUT2D eigenvalue weighted by Gasteiger charge is -2.34. The normalized spacial score (nSPS) is 21.4. The molecule has 0 saturated carbocycles. The summed E-state index contributed by atoms with van der Waals surface area (Å²) in [5.74, 6) is 0.647. The van der Waals surface area contributed by atoms with Crippen LogP contribution in [0.3, 0.4) is 0 Å². The summed E-state index contributed by atoms with van der Waals surface area (Å²) in [6.45, 7) is 0.893. The summed E-state index contributed by atoms with van der Waals surface area (Å²) < 4.78 is 0. The zero-order valence-electron chi connectivity index (χ0n) is 12.4. The summed E-state index contributed by atoms with van der Waals surface area (Å²) in [7, 11) is 0. The van der Waals surface area contributed by atoms with E-state index in [1.165, 1.54) is 35.3 Å². The van der Waals surface area contributed by atoms with E-state index in [1.807, 2.05) is 4.90 Å². The predicted octanol–water partition coefficient (Wildman–Crippen LogP) is 2.64. The van der Waals surface area contributed by atoms with Crippen molar-refractivity contribution in [2.45, 2.75) is 49.5 Å². The van der Waals surface area contributed by atoms with Gasteiger partial charge in [0.05, 0.1) is 18.4 Å². The molecule has 1 N–H and O–H groups in total. The smallest absolute Gasteiger partial charge is 0.233 e. The predicted molar refractivity (Wildman–Crippen MR) is 85.6 cm³/mol. The summed E-state index contributed by atoms with van der Waals surface area (Å²) in [4.78, 5) is 15.4. The number of aliphatic hydroxyl groups is 1. The molecule has 21 heavy (non-hydrogen) atoms. The minimum absolute atomic E-state index is 0.0341. The van der Waals surface area contributed by atoms with Gasteiger partial charge >= 0.3 is 0 Å². The van der Waals surface area contributed by atoms with Gasteiger partial charge in [0, 0.05) is 11.4 Å². The summed E-state index contributed by atoms with van der Waals surface area (Å²) in [5.41, 5.74) is 2.93. The molecular weight excluding hydrogens is 282 g/mol. The summed E-state index contributed by atoms with van der Waals surface area (Å²) in [6, 6.07) is 6.64. The lowest BCUT2D eigenvalue weighted by Crippen LogP contribution is -2.46. The molecule has 2 aliphatic rings. The van der Waals surface area contributed by atoms with Crippen molar-refractivity contribution in [2.75, 3.05) is 18.9 Å². The number of carbonyl (C=O) groups excluding carboxylic acids is 1. The van der Waals surface area contributed by atoms with E-state index >= 15 is 0 Å². The van der Waals surface area contributed by atoms with Gasteiger partial charge in [0.2, 0.25) is 5.91 Å². The largest absolute Gasteiger partial charge is 0.394 e. The highest BCUT2D eigenvalue weighted by molar-refractivity contribution is 8.00. The van der Waals surface area contributed by atoms with Crippen molar-refractivity contribution in [3.8, 4) is 0 Å². The van der Waals surface area contributed by atoms with Crippen LogP contribution in [0.4, 0.5) is 0 Å². The number of carbonyl (C=O) groups is 1. The van der Waals surface area contributed by atoms with Gasteiger partial charge in [-0.1, -0.05) is 6.07 Å². The zero-order chi connectivity index (χ0) is 14.7. The number of benzene rings is 1. The molecule has 1 aromatic rings. The number of amides is 1. The van der Waals surface area contributed by atoms with Crippen LogP contribution in [0, 0.1) is 0 Å². The Labute approximate surface area is 130 Å². The molecule has 1 heterocycles. The summed E-state index contributed by atoms with van der Waals surface area (Å²) in [5, 5.41) is 9.40. The first-order valence-corrected chi connectivity index (χ1v) is 8.91. The molecule has 1 aromatic carbocycles. The van der Waals surface area contributed by atoms with Gasteiger partial charge in [-0.2, -0.15) is 0 Å². The van der Waals surface area contributed by atoms with E-state index in [2.05, 4.69) is 18.2 Å². The van der Waals surface area contributed by atoms with Crippen molar-refractivity contribution in [1.29, 1.82) is 0 Å². The zero-order valence-corrected chi connectivity index (χ0v) is 13.2. The van der Waals surface area contributed by atoms with Crippen LogP contribution in [-0.2, 0) is 17.6 Å². The third kappa shape index (κ3) is 3.43. The van der Waals surface area contributed by atoms with E-state index in [4.69, 9.17) is 0 Å². The number of thioether (sulfide) groups is 1. The lowest BCUT2D eigenvalue weighted by atomic mass is 10.0. The average Bonchev–Trinajstić information content (AvgIpc) is 3.00. The SMILES string of the molecule is O=C(CSc1ccc2c(c1)CCC2)N1CCCCC1CO. The van der Waals surface area contributed by atoms with Crippen LogP contribution in [0.2, 0.25) is 0 Å². The molecule has 114 valence electrons. The number of rotatable bonds is 4. The average molecular weight is 305 g/mol. The number of aryl methyl sites for hydroxylation is 2. The van der Waals surface area contributed by atoms with Crippen LogP contribution in [0.15, 0.2) is 23.1 Å². The Bertz CT molecular complexity index is 518. The highest BCUT2D eigenvalue weighted by atomic mass is 32.2. The van der Waals surface area contributed by atoms with Crippen LogP contribution in [0.5, 0.6) is 0 Å². The minimum Gasteiger partial charge on any atom is -0.394 e. The molecule has 3 nitrogen and oxygen atoms in total. The standard InChI is InChI=1S/C17H23NO2S/c19-11-15-6-1-2-9-18(15)17(20)12-21-16-8-7-13-4-3-5-14(13)10-16/h7-8,10,15,19H,1-6,9,11-12H2. The number of likely N-dealkylation sites (tertiary alicyclic amines) is 1. The van der Waals surface area contributed by atoms with Gasteiger partial charge in [-0.05, 0) is 61.8 Å². The first kappa shape index (κ1) is 14.9. The molecule has 0 spiro atoms. The number of aliphatic hydroxyl groups excluding tert-OH is 1. The molecule has 1 amide bonds. The van der Waals surface area contributed by atoms with E-state index in [1.54, 1.807) is 11.8 Å². The molecule has 0 aromatic heterocycles. The van der Waals surface area contributed by atoms with Crippen molar-refractivity contribution in [1.82, 2.24) is 4.90 Å². The maximum absolute atomic E-state index is 12.4. The molecule has 1 fully saturated rings. The Balaban J connectivity index is 1.58. The topological polar surface area (TPSA) is 40.5 Å². The fourth-order valence-electron chi connectivity index (χ4n) is 3.38. The fourth-order valence-corrected chi connectivity index (χ4v) is 4.23. The van der Waals surface area contributed by atoms with Crippen LogP contribution in [0.25, 0.3) is 0 Å². The fraction of sp³-hybridized carbons (Fsp3) is 0.588. The highest BCUT2D eigenvalue weighted by Crippen LogP contribution is 2.28. The third-order valence-corrected chi connectivity index (χ3v) is 5.57. The quantitative estimate of drug-likeness (QED) is 0.869. The van der Waals surface area contributed by atoms with Gasteiger partial charge in [-0.3, -0.25) is 4.79 Å². The molecule has 4 heteroatoms. The summed E-state index contributed by atoms with van der Waals surface area (Å²) in [6.07, 6.45) is 6.75. The molecule has 1 unspecified atom stereocenters. The van der Waals surface area contributed by atoms with Crippen molar-refractivity contribution in [3.63, 3.8) is 0 Å². The molecule has 1 atom stereocenters. The van der Waals surface area contributed by atoms with Crippen LogP contribution in [0.1, 0.15) is 36.8 Å². The van der Waals surface area contributed by atoms with E-state index in [0.29, 0.717) is 5.75 Å². The molecule has 0 radical (unpaired) electrons. The van der Waals surface area contributed by atoms with Gasteiger partial charge in [-0.15, -0.1) is 11.8 Å². The van der Waals surface area contributed by atoms with Gasteiger partial charge in [-0.25, -0.2) is 0 Å². The number of nitrogens with zero attached hydrogens (tertiary/aromatic N) is 1. The maximum Gasteiger partial charge on any atom is 0.233 e. The lowest BCUT2D eigenvalue weighted by molar-refractivity contribution is -0.132. The van der Waals surface area contributed by atoms with Crippen molar-refractivity contribution in [2.24, 2.45) is 0 Å². The van der Waals surface area contributed by atoms with E-state index in [0.717, 1.165) is 25.8 Å². The number of hydrogen-bond donors (Lipinski definition) is 1. The first-order valence-electron chi connectivity index (χ1n) is 7.93. The van der Waals surface area contributed by atoms with Gasteiger partial charge in [0.25, 0.3) is 0 Å². The Hall–Kier alpha value is -1.00.